The number of ether oxygens (including phenoxy) is 1. The van der Waals surface area contributed by atoms with Gasteiger partial charge >= 0.3 is 5.69 Å². The summed E-state index contributed by atoms with van der Waals surface area (Å²) < 4.78 is 5.66. The molecule has 0 atom stereocenters. The number of hydrogen-bond donors (Lipinski definition) is 0. The highest BCUT2D eigenvalue weighted by Crippen LogP contribution is 2.39. The Kier molecular flexibility index (Phi) is 5.98. The van der Waals surface area contributed by atoms with E-state index in [2.05, 4.69) is 41.5 Å². The lowest BCUT2D eigenvalue weighted by molar-refractivity contribution is -0.385. The third-order valence-electron chi connectivity index (χ3n) is 3.67. The summed E-state index contributed by atoms with van der Waals surface area (Å²) in [7, 11) is 0. The predicted octanol–water partition coefficient (Wildman–Crippen LogP) is 5.49. The minimum Gasteiger partial charge on any atom is -0.487 e. The minimum absolute atomic E-state index is 0.0476. The van der Waals surface area contributed by atoms with Gasteiger partial charge in [0, 0.05) is 6.07 Å². The Labute approximate surface area is 134 Å². The molecule has 4 nitrogen and oxygen atoms in total. The zero-order chi connectivity index (χ0) is 17.0. The molecule has 0 unspecified atom stereocenters. The molecule has 4 heteroatoms. The van der Waals surface area contributed by atoms with Crippen LogP contribution < -0.4 is 4.74 Å². The van der Waals surface area contributed by atoms with Crippen LogP contribution >= 0.6 is 0 Å². The molecule has 0 amide bonds. The molecule has 0 N–H and O–H groups in total. The van der Waals surface area contributed by atoms with Crippen molar-refractivity contribution in [3.63, 3.8) is 0 Å². The molecule has 22 heavy (non-hydrogen) atoms. The summed E-state index contributed by atoms with van der Waals surface area (Å²) in [5.74, 6) is 0.387. The largest absolute Gasteiger partial charge is 0.487 e. The Morgan fingerprint density at radius 2 is 1.82 bits per heavy atom. The Bertz CT molecular complexity index is 516. The maximum atomic E-state index is 11.2. The van der Waals surface area contributed by atoms with E-state index in [0.717, 1.165) is 24.8 Å². The number of nitro benzene ring substituents is 1. The van der Waals surface area contributed by atoms with Crippen molar-refractivity contribution in [2.45, 2.75) is 66.2 Å². The van der Waals surface area contributed by atoms with Crippen molar-refractivity contribution < 1.29 is 9.66 Å². The van der Waals surface area contributed by atoms with E-state index < -0.39 is 0 Å². The summed E-state index contributed by atoms with van der Waals surface area (Å²) in [6, 6.07) is 5.27. The normalized spacial score (nSPS) is 12.3. The maximum absolute atomic E-state index is 11.2. The molecule has 1 aromatic carbocycles. The van der Waals surface area contributed by atoms with Crippen molar-refractivity contribution in [3.8, 4) is 5.75 Å². The summed E-state index contributed by atoms with van der Waals surface area (Å²) in [5.41, 5.74) is 1.26. The molecule has 124 valence electrons. The van der Waals surface area contributed by atoms with Crippen molar-refractivity contribution in [2.75, 3.05) is 6.61 Å². The molecule has 0 radical (unpaired) electrons. The molecular weight excluding hydrogens is 278 g/mol. The molecule has 0 heterocycles. The number of nitro groups is 1. The van der Waals surface area contributed by atoms with E-state index in [1.165, 1.54) is 0 Å². The van der Waals surface area contributed by atoms with Crippen LogP contribution in [0.5, 0.6) is 5.75 Å². The van der Waals surface area contributed by atoms with Crippen LogP contribution in [-0.2, 0) is 5.41 Å². The van der Waals surface area contributed by atoms with Crippen LogP contribution in [0.15, 0.2) is 18.2 Å². The molecule has 0 saturated heterocycles. The van der Waals surface area contributed by atoms with Crippen LogP contribution in [0.1, 0.15) is 66.4 Å². The lowest BCUT2D eigenvalue weighted by Gasteiger charge is -2.33. The second-order valence-corrected chi connectivity index (χ2v) is 7.76. The van der Waals surface area contributed by atoms with Gasteiger partial charge in [0.25, 0.3) is 0 Å². The van der Waals surface area contributed by atoms with Crippen LogP contribution in [0.4, 0.5) is 5.69 Å². The fourth-order valence-electron chi connectivity index (χ4n) is 2.96. The fourth-order valence-corrected chi connectivity index (χ4v) is 2.96. The monoisotopic (exact) mass is 307 g/mol. The van der Waals surface area contributed by atoms with Gasteiger partial charge < -0.3 is 4.74 Å². The lowest BCUT2D eigenvalue weighted by atomic mass is 9.72. The van der Waals surface area contributed by atoms with Crippen molar-refractivity contribution in [1.29, 1.82) is 0 Å². The summed E-state index contributed by atoms with van der Waals surface area (Å²) in [4.78, 5) is 10.8. The smallest absolute Gasteiger partial charge is 0.310 e. The van der Waals surface area contributed by atoms with E-state index in [1.807, 2.05) is 12.1 Å². The first-order chi connectivity index (χ1) is 10.1. The molecule has 0 aliphatic rings. The van der Waals surface area contributed by atoms with E-state index >= 15 is 0 Å². The standard InChI is InChI=1S/C18H29NO3/c1-7-8-11-22-16-12-14(9-10-15(16)19(20)21)18(5,6)13-17(2,3)4/h9-10,12H,7-8,11,13H2,1-6H3. The van der Waals surface area contributed by atoms with Gasteiger partial charge in [-0.1, -0.05) is 54.0 Å². The molecule has 0 aliphatic carbocycles. The third-order valence-corrected chi connectivity index (χ3v) is 3.67. The van der Waals surface area contributed by atoms with Crippen molar-refractivity contribution in [3.05, 3.63) is 33.9 Å². The van der Waals surface area contributed by atoms with Crippen LogP contribution in [-0.4, -0.2) is 11.5 Å². The minimum atomic E-state index is -0.373. The number of benzene rings is 1. The number of unbranched alkanes of at least 4 members (excludes halogenated alkanes) is 1. The second kappa shape index (κ2) is 7.12. The fraction of sp³-hybridized carbons (Fsp3) is 0.667. The van der Waals surface area contributed by atoms with Gasteiger partial charge in [0.2, 0.25) is 0 Å². The Balaban J connectivity index is 3.11. The van der Waals surface area contributed by atoms with Crippen LogP contribution in [0, 0.1) is 15.5 Å². The van der Waals surface area contributed by atoms with E-state index in [1.54, 1.807) is 6.07 Å². The molecule has 0 spiro atoms. The van der Waals surface area contributed by atoms with Crippen molar-refractivity contribution >= 4 is 5.69 Å². The van der Waals surface area contributed by atoms with Crippen LogP contribution in [0.3, 0.4) is 0 Å². The number of rotatable bonds is 7. The third kappa shape index (κ3) is 5.32. The topological polar surface area (TPSA) is 52.4 Å². The van der Waals surface area contributed by atoms with Gasteiger partial charge in [-0.3, -0.25) is 10.1 Å². The van der Waals surface area contributed by atoms with Gasteiger partial charge in [0.15, 0.2) is 5.75 Å². The first-order valence-electron chi connectivity index (χ1n) is 7.98. The molecule has 0 aliphatic heterocycles. The highest BCUT2D eigenvalue weighted by molar-refractivity contribution is 5.50. The van der Waals surface area contributed by atoms with Gasteiger partial charge in [-0.2, -0.15) is 0 Å². The summed E-state index contributed by atoms with van der Waals surface area (Å²) in [6.07, 6.45) is 2.89. The zero-order valence-corrected chi connectivity index (χ0v) is 14.7. The summed E-state index contributed by atoms with van der Waals surface area (Å²) >= 11 is 0. The Morgan fingerprint density at radius 1 is 1.18 bits per heavy atom. The lowest BCUT2D eigenvalue weighted by Crippen LogP contribution is -2.24. The van der Waals surface area contributed by atoms with Crippen molar-refractivity contribution in [1.82, 2.24) is 0 Å². The summed E-state index contributed by atoms with van der Waals surface area (Å²) in [6.45, 7) is 13.6. The molecule has 0 bridgehead atoms. The quantitative estimate of drug-likeness (QED) is 0.380. The van der Waals surface area contributed by atoms with E-state index in [9.17, 15) is 10.1 Å². The van der Waals surface area contributed by atoms with Gasteiger partial charge in [0.05, 0.1) is 11.5 Å². The average Bonchev–Trinajstić information content (AvgIpc) is 2.35. The van der Waals surface area contributed by atoms with E-state index in [-0.39, 0.29) is 21.4 Å². The van der Waals surface area contributed by atoms with Gasteiger partial charge in [0.1, 0.15) is 0 Å². The highest BCUT2D eigenvalue weighted by atomic mass is 16.6. The van der Waals surface area contributed by atoms with Gasteiger partial charge in [-0.25, -0.2) is 0 Å². The molecule has 0 fully saturated rings. The van der Waals surface area contributed by atoms with Crippen LogP contribution in [0.2, 0.25) is 0 Å². The first kappa shape index (κ1) is 18.5. The molecule has 1 rings (SSSR count). The molecule has 0 saturated carbocycles. The van der Waals surface area contributed by atoms with Gasteiger partial charge in [-0.15, -0.1) is 0 Å². The SMILES string of the molecule is CCCCOc1cc(C(C)(C)CC(C)(C)C)ccc1[N+](=O)[O-]. The number of nitrogens with zero attached hydrogens (tertiary/aromatic N) is 1. The molecule has 1 aromatic rings. The molecule has 0 aromatic heterocycles. The van der Waals surface area contributed by atoms with E-state index in [0.29, 0.717) is 12.4 Å². The van der Waals surface area contributed by atoms with E-state index in [4.69, 9.17) is 4.74 Å². The molecular formula is C18H29NO3. The van der Waals surface area contributed by atoms with Gasteiger partial charge in [-0.05, 0) is 35.3 Å². The average molecular weight is 307 g/mol. The highest BCUT2D eigenvalue weighted by Gasteiger charge is 2.29. The summed E-state index contributed by atoms with van der Waals surface area (Å²) in [5, 5.41) is 11.2. The predicted molar refractivity (Wildman–Crippen MR) is 90.6 cm³/mol. The van der Waals surface area contributed by atoms with Crippen LogP contribution in [0.25, 0.3) is 0 Å². The number of hydrogen-bond acceptors (Lipinski definition) is 3. The van der Waals surface area contributed by atoms with Crippen molar-refractivity contribution in [2.24, 2.45) is 5.41 Å². The maximum Gasteiger partial charge on any atom is 0.310 e. The first-order valence-corrected chi connectivity index (χ1v) is 7.98. The zero-order valence-electron chi connectivity index (χ0n) is 14.7. The second-order valence-electron chi connectivity index (χ2n) is 7.76. The Hall–Kier alpha value is -1.58. The Morgan fingerprint density at radius 3 is 2.32 bits per heavy atom.